The van der Waals surface area contributed by atoms with E-state index in [1.165, 1.54) is 0 Å². The standard InChI is InChI=1S/C14H18BrClN2OS/c1-9-6-11(15)13(7-12(9)16)18-14(19)8-20-10-2-4-17-5-3-10/h6-7,10,17H,2-5,8H2,1H3,(H,18,19). The summed E-state index contributed by atoms with van der Waals surface area (Å²) in [6.07, 6.45) is 2.27. The van der Waals surface area contributed by atoms with Crippen molar-refractivity contribution in [2.45, 2.75) is 25.0 Å². The van der Waals surface area contributed by atoms with Crippen molar-refractivity contribution in [3.63, 3.8) is 0 Å². The molecule has 0 aliphatic carbocycles. The van der Waals surface area contributed by atoms with E-state index in [-0.39, 0.29) is 5.91 Å². The van der Waals surface area contributed by atoms with Gasteiger partial charge in [-0.25, -0.2) is 0 Å². The molecule has 20 heavy (non-hydrogen) atoms. The largest absolute Gasteiger partial charge is 0.324 e. The molecule has 1 aromatic carbocycles. The first-order valence-electron chi connectivity index (χ1n) is 6.64. The molecule has 0 saturated carbocycles. The quantitative estimate of drug-likeness (QED) is 0.838. The van der Waals surface area contributed by atoms with Crippen molar-refractivity contribution < 1.29 is 4.79 Å². The zero-order valence-corrected chi connectivity index (χ0v) is 14.5. The first-order chi connectivity index (χ1) is 9.56. The summed E-state index contributed by atoms with van der Waals surface area (Å²) in [7, 11) is 0. The molecule has 2 rings (SSSR count). The highest BCUT2D eigenvalue weighted by molar-refractivity contribution is 9.10. The number of hydrogen-bond acceptors (Lipinski definition) is 3. The van der Waals surface area contributed by atoms with Gasteiger partial charge in [0.15, 0.2) is 0 Å². The first kappa shape index (κ1) is 16.1. The topological polar surface area (TPSA) is 41.1 Å². The van der Waals surface area contributed by atoms with E-state index in [1.54, 1.807) is 17.8 Å². The summed E-state index contributed by atoms with van der Waals surface area (Å²) >= 11 is 11.3. The van der Waals surface area contributed by atoms with Crippen molar-refractivity contribution in [3.8, 4) is 0 Å². The lowest BCUT2D eigenvalue weighted by molar-refractivity contribution is -0.113. The molecule has 0 atom stereocenters. The lowest BCUT2D eigenvalue weighted by Gasteiger charge is -2.21. The molecule has 0 spiro atoms. The second-order valence-electron chi connectivity index (χ2n) is 4.89. The van der Waals surface area contributed by atoms with Gasteiger partial charge in [-0.15, -0.1) is 11.8 Å². The van der Waals surface area contributed by atoms with E-state index in [0.29, 0.717) is 16.0 Å². The van der Waals surface area contributed by atoms with E-state index < -0.39 is 0 Å². The number of nitrogens with one attached hydrogen (secondary N) is 2. The van der Waals surface area contributed by atoms with E-state index in [9.17, 15) is 4.79 Å². The van der Waals surface area contributed by atoms with Gasteiger partial charge >= 0.3 is 0 Å². The van der Waals surface area contributed by atoms with Crippen LogP contribution in [0.5, 0.6) is 0 Å². The number of anilines is 1. The number of carbonyl (C=O) groups is 1. The minimum Gasteiger partial charge on any atom is -0.324 e. The molecule has 110 valence electrons. The van der Waals surface area contributed by atoms with Crippen LogP contribution in [0.3, 0.4) is 0 Å². The summed E-state index contributed by atoms with van der Waals surface area (Å²) in [5, 5.41) is 7.49. The molecule has 0 aromatic heterocycles. The summed E-state index contributed by atoms with van der Waals surface area (Å²) < 4.78 is 0.861. The molecular formula is C14H18BrClN2OS. The fourth-order valence-corrected chi connectivity index (χ4v) is 3.83. The third-order valence-electron chi connectivity index (χ3n) is 3.26. The summed E-state index contributed by atoms with van der Waals surface area (Å²) in [6.45, 7) is 4.04. The number of hydrogen-bond donors (Lipinski definition) is 2. The van der Waals surface area contributed by atoms with Crippen molar-refractivity contribution in [3.05, 3.63) is 27.2 Å². The van der Waals surface area contributed by atoms with Crippen LogP contribution in [0.1, 0.15) is 18.4 Å². The molecule has 6 heteroatoms. The molecular weight excluding hydrogens is 360 g/mol. The average Bonchev–Trinajstić information content (AvgIpc) is 2.44. The van der Waals surface area contributed by atoms with Gasteiger partial charge < -0.3 is 10.6 Å². The van der Waals surface area contributed by atoms with Gasteiger partial charge in [0.25, 0.3) is 0 Å². The van der Waals surface area contributed by atoms with Crippen LogP contribution in [-0.4, -0.2) is 30.0 Å². The molecule has 2 N–H and O–H groups in total. The van der Waals surface area contributed by atoms with Crippen LogP contribution in [0.4, 0.5) is 5.69 Å². The molecule has 1 saturated heterocycles. The van der Waals surface area contributed by atoms with Crippen LogP contribution in [0, 0.1) is 6.92 Å². The maximum absolute atomic E-state index is 12.0. The lowest BCUT2D eigenvalue weighted by atomic mass is 10.2. The zero-order valence-electron chi connectivity index (χ0n) is 11.3. The average molecular weight is 378 g/mol. The van der Waals surface area contributed by atoms with Gasteiger partial charge in [0.2, 0.25) is 5.91 Å². The van der Waals surface area contributed by atoms with E-state index in [1.807, 2.05) is 13.0 Å². The summed E-state index contributed by atoms with van der Waals surface area (Å²) in [5.74, 6) is 0.511. The third kappa shape index (κ3) is 4.65. The first-order valence-corrected chi connectivity index (χ1v) is 8.86. The Morgan fingerprint density at radius 1 is 1.50 bits per heavy atom. The number of thioether (sulfide) groups is 1. The van der Waals surface area contributed by atoms with Crippen LogP contribution in [-0.2, 0) is 4.79 Å². The van der Waals surface area contributed by atoms with Gasteiger partial charge in [-0.05, 0) is 66.5 Å². The highest BCUT2D eigenvalue weighted by Crippen LogP contribution is 2.29. The molecule has 1 amide bonds. The Labute approximate surface area is 137 Å². The van der Waals surface area contributed by atoms with Gasteiger partial charge in [-0.2, -0.15) is 0 Å². The molecule has 1 fully saturated rings. The van der Waals surface area contributed by atoms with Gasteiger partial charge in [0, 0.05) is 14.7 Å². The lowest BCUT2D eigenvalue weighted by Crippen LogP contribution is -2.30. The molecule has 0 unspecified atom stereocenters. The van der Waals surface area contributed by atoms with Crippen molar-refractivity contribution in [1.29, 1.82) is 0 Å². The van der Waals surface area contributed by atoms with Crippen molar-refractivity contribution in [2.24, 2.45) is 0 Å². The number of amides is 1. The predicted molar refractivity (Wildman–Crippen MR) is 90.9 cm³/mol. The predicted octanol–water partition coefficient (Wildman–Crippen LogP) is 3.83. The third-order valence-corrected chi connectivity index (χ3v) is 5.69. The Kier molecular flexibility index (Phi) is 6.20. The van der Waals surface area contributed by atoms with E-state index in [2.05, 4.69) is 26.6 Å². The minimum absolute atomic E-state index is 0.0224. The second-order valence-corrected chi connectivity index (χ2v) is 7.44. The van der Waals surface area contributed by atoms with Gasteiger partial charge in [-0.1, -0.05) is 11.6 Å². The van der Waals surface area contributed by atoms with E-state index in [0.717, 1.165) is 41.7 Å². The maximum Gasteiger partial charge on any atom is 0.234 e. The van der Waals surface area contributed by atoms with Gasteiger partial charge in [0.1, 0.15) is 0 Å². The number of benzene rings is 1. The maximum atomic E-state index is 12.0. The van der Waals surface area contributed by atoms with Gasteiger partial charge in [0.05, 0.1) is 11.4 Å². The summed E-state index contributed by atoms with van der Waals surface area (Å²) in [4.78, 5) is 12.0. The molecule has 0 bridgehead atoms. The minimum atomic E-state index is 0.0224. The van der Waals surface area contributed by atoms with Crippen LogP contribution in [0.15, 0.2) is 16.6 Å². The van der Waals surface area contributed by atoms with Gasteiger partial charge in [-0.3, -0.25) is 4.79 Å². The Balaban J connectivity index is 1.86. The van der Waals surface area contributed by atoms with Crippen LogP contribution in [0.25, 0.3) is 0 Å². The van der Waals surface area contributed by atoms with Crippen LogP contribution >= 0.6 is 39.3 Å². The monoisotopic (exact) mass is 376 g/mol. The van der Waals surface area contributed by atoms with Crippen molar-refractivity contribution in [1.82, 2.24) is 5.32 Å². The SMILES string of the molecule is Cc1cc(Br)c(NC(=O)CSC2CCNCC2)cc1Cl. The van der Waals surface area contributed by atoms with Crippen LogP contribution < -0.4 is 10.6 Å². The molecule has 0 radical (unpaired) electrons. The second kappa shape index (κ2) is 7.69. The highest BCUT2D eigenvalue weighted by atomic mass is 79.9. The normalized spacial score (nSPS) is 16.1. The molecule has 1 aliphatic heterocycles. The number of piperidine rings is 1. The van der Waals surface area contributed by atoms with Crippen molar-refractivity contribution in [2.75, 3.05) is 24.2 Å². The smallest absolute Gasteiger partial charge is 0.234 e. The molecule has 3 nitrogen and oxygen atoms in total. The number of carbonyl (C=O) groups excluding carboxylic acids is 1. The van der Waals surface area contributed by atoms with E-state index in [4.69, 9.17) is 11.6 Å². The Bertz CT molecular complexity index is 492. The highest BCUT2D eigenvalue weighted by Gasteiger charge is 2.15. The molecule has 1 aliphatic rings. The molecule has 1 heterocycles. The summed E-state index contributed by atoms with van der Waals surface area (Å²) in [5.41, 5.74) is 1.72. The van der Waals surface area contributed by atoms with E-state index >= 15 is 0 Å². The number of halogens is 2. The molecule has 1 aromatic rings. The fraction of sp³-hybridized carbons (Fsp3) is 0.500. The number of rotatable bonds is 4. The summed E-state index contributed by atoms with van der Waals surface area (Å²) in [6, 6.07) is 3.70. The fourth-order valence-electron chi connectivity index (χ4n) is 2.08. The Hall–Kier alpha value is -0.230. The Morgan fingerprint density at radius 3 is 2.90 bits per heavy atom. The Morgan fingerprint density at radius 2 is 2.20 bits per heavy atom. The van der Waals surface area contributed by atoms with Crippen LogP contribution in [0.2, 0.25) is 5.02 Å². The zero-order chi connectivity index (χ0) is 14.5. The van der Waals surface area contributed by atoms with Crippen molar-refractivity contribution >= 4 is 50.9 Å². The number of aryl methyl sites for hydroxylation is 1.